The van der Waals surface area contributed by atoms with E-state index in [1.165, 1.54) is 42.1 Å². The third-order valence-corrected chi connectivity index (χ3v) is 12.5. The lowest BCUT2D eigenvalue weighted by Gasteiger charge is -2.28. The van der Waals surface area contributed by atoms with Crippen LogP contribution in [-0.2, 0) is 0 Å². The van der Waals surface area contributed by atoms with Crippen molar-refractivity contribution in [2.75, 3.05) is 4.90 Å². The van der Waals surface area contributed by atoms with Gasteiger partial charge in [0.15, 0.2) is 0 Å². The van der Waals surface area contributed by atoms with Gasteiger partial charge in [-0.05, 0) is 76.5 Å². The average molecular weight is 734 g/mol. The van der Waals surface area contributed by atoms with Gasteiger partial charge in [0.25, 0.3) is 0 Å². The van der Waals surface area contributed by atoms with Gasteiger partial charge in [0.1, 0.15) is 22.3 Å². The largest absolute Gasteiger partial charge is 0.456 e. The minimum atomic E-state index is 0.852. The van der Waals surface area contributed by atoms with E-state index in [4.69, 9.17) is 8.83 Å². The molecule has 0 radical (unpaired) electrons. The molecule has 0 atom stereocenters. The van der Waals surface area contributed by atoms with E-state index in [1.807, 2.05) is 23.5 Å². The number of thiophene rings is 1. The van der Waals surface area contributed by atoms with Crippen LogP contribution in [0.4, 0.5) is 17.1 Å². The Morgan fingerprint density at radius 3 is 1.93 bits per heavy atom. The quantitative estimate of drug-likeness (QED) is 0.176. The predicted octanol–water partition coefficient (Wildman–Crippen LogP) is 15.8. The SMILES string of the molecule is c1ccc(N(c2ccc(-c3cccc4c3sc3ccccc34)cc2)c2cccc3oc4ccccc4c23)c(-c2cccc3c2oc2cc4ccccc4cc23)c1. The number of benzene rings is 9. The summed E-state index contributed by atoms with van der Waals surface area (Å²) in [5.74, 6) is 0. The van der Waals surface area contributed by atoms with Crippen molar-refractivity contribution in [2.45, 2.75) is 0 Å². The van der Waals surface area contributed by atoms with E-state index in [1.54, 1.807) is 0 Å². The Balaban J connectivity index is 1.08. The van der Waals surface area contributed by atoms with E-state index in [2.05, 4.69) is 181 Å². The topological polar surface area (TPSA) is 29.5 Å². The molecule has 12 rings (SSSR count). The van der Waals surface area contributed by atoms with Crippen LogP contribution in [0.3, 0.4) is 0 Å². The molecule has 0 fully saturated rings. The molecule has 0 aliphatic carbocycles. The third kappa shape index (κ3) is 4.70. The van der Waals surface area contributed by atoms with Gasteiger partial charge in [-0.2, -0.15) is 0 Å². The minimum Gasteiger partial charge on any atom is -0.456 e. The van der Waals surface area contributed by atoms with Crippen LogP contribution >= 0.6 is 11.3 Å². The fraction of sp³-hybridized carbons (Fsp3) is 0. The van der Waals surface area contributed by atoms with Crippen LogP contribution in [0.2, 0.25) is 0 Å². The highest BCUT2D eigenvalue weighted by Crippen LogP contribution is 2.48. The molecule has 0 saturated heterocycles. The molecule has 0 unspecified atom stereocenters. The van der Waals surface area contributed by atoms with Gasteiger partial charge in [0, 0.05) is 53.1 Å². The zero-order valence-electron chi connectivity index (χ0n) is 30.1. The second-order valence-corrected chi connectivity index (χ2v) is 15.5. The van der Waals surface area contributed by atoms with Gasteiger partial charge in [-0.25, -0.2) is 0 Å². The van der Waals surface area contributed by atoms with Gasteiger partial charge in [-0.1, -0.05) is 133 Å². The molecular weight excluding hydrogens is 703 g/mol. The number of hydrogen-bond acceptors (Lipinski definition) is 4. The summed E-state index contributed by atoms with van der Waals surface area (Å²) in [6.45, 7) is 0. The van der Waals surface area contributed by atoms with Crippen LogP contribution < -0.4 is 4.90 Å². The summed E-state index contributed by atoms with van der Waals surface area (Å²) in [6.07, 6.45) is 0. The van der Waals surface area contributed by atoms with Crippen molar-refractivity contribution in [3.63, 3.8) is 0 Å². The molecule has 3 nitrogen and oxygen atoms in total. The van der Waals surface area contributed by atoms with Crippen LogP contribution in [0.15, 0.2) is 197 Å². The average Bonchev–Trinajstić information content (AvgIpc) is 3.95. The van der Waals surface area contributed by atoms with Crippen molar-refractivity contribution < 1.29 is 8.83 Å². The Hall–Kier alpha value is -7.14. The van der Waals surface area contributed by atoms with Crippen molar-refractivity contribution in [1.82, 2.24) is 0 Å². The standard InChI is InChI=1S/C52H31NO2S/c1-2-13-34-31-48-43(30-33(34)12-1)40-19-10-18-39(51(40)55-48)37-14-3-6-21-44(37)53(45-22-11-24-47-50(45)42-16-4-7-23-46(42)54-47)35-28-26-32(27-29-35)36-17-9-20-41-38-15-5-8-25-49(38)56-52(36)41/h1-31H. The minimum absolute atomic E-state index is 0.852. The number of nitrogens with zero attached hydrogens (tertiary/aromatic N) is 1. The van der Waals surface area contributed by atoms with E-state index in [0.717, 1.165) is 72.1 Å². The molecule has 0 amide bonds. The zero-order chi connectivity index (χ0) is 36.7. The third-order valence-electron chi connectivity index (χ3n) is 11.3. The zero-order valence-corrected chi connectivity index (χ0v) is 30.9. The Bertz CT molecular complexity index is 3500. The van der Waals surface area contributed by atoms with Gasteiger partial charge >= 0.3 is 0 Å². The lowest BCUT2D eigenvalue weighted by molar-refractivity contribution is 0.669. The van der Waals surface area contributed by atoms with Crippen molar-refractivity contribution in [3.05, 3.63) is 188 Å². The van der Waals surface area contributed by atoms with Gasteiger partial charge in [-0.15, -0.1) is 11.3 Å². The number of fused-ring (bicyclic) bond motifs is 10. The predicted molar refractivity (Wildman–Crippen MR) is 237 cm³/mol. The van der Waals surface area contributed by atoms with Crippen molar-refractivity contribution in [1.29, 1.82) is 0 Å². The molecule has 56 heavy (non-hydrogen) atoms. The first-order valence-electron chi connectivity index (χ1n) is 18.9. The number of hydrogen-bond donors (Lipinski definition) is 0. The normalized spacial score (nSPS) is 11.9. The molecule has 12 aromatic rings. The van der Waals surface area contributed by atoms with E-state index < -0.39 is 0 Å². The maximum absolute atomic E-state index is 6.80. The molecule has 0 N–H and O–H groups in total. The first-order chi connectivity index (χ1) is 27.8. The lowest BCUT2D eigenvalue weighted by Crippen LogP contribution is -2.11. The molecule has 9 aromatic carbocycles. The molecule has 3 aromatic heterocycles. The van der Waals surface area contributed by atoms with Crippen molar-refractivity contribution in [3.8, 4) is 22.3 Å². The van der Waals surface area contributed by atoms with Crippen molar-refractivity contribution in [2.24, 2.45) is 0 Å². The second kappa shape index (κ2) is 12.2. The maximum atomic E-state index is 6.80. The van der Waals surface area contributed by atoms with Gasteiger partial charge in [0.2, 0.25) is 0 Å². The maximum Gasteiger partial charge on any atom is 0.143 e. The number of anilines is 3. The summed E-state index contributed by atoms with van der Waals surface area (Å²) in [7, 11) is 0. The fourth-order valence-corrected chi connectivity index (χ4v) is 9.94. The van der Waals surface area contributed by atoms with Gasteiger partial charge in [0.05, 0.1) is 16.8 Å². The van der Waals surface area contributed by atoms with Crippen molar-refractivity contribution >= 4 is 103 Å². The lowest BCUT2D eigenvalue weighted by atomic mass is 9.98. The van der Waals surface area contributed by atoms with Gasteiger partial charge < -0.3 is 13.7 Å². The molecule has 0 saturated carbocycles. The van der Waals surface area contributed by atoms with E-state index >= 15 is 0 Å². The molecule has 0 aliphatic rings. The molecule has 4 heteroatoms. The molecular formula is C52H31NO2S. The summed E-state index contributed by atoms with van der Waals surface area (Å²) in [6, 6.07) is 67.2. The van der Waals surface area contributed by atoms with E-state index in [-0.39, 0.29) is 0 Å². The molecule has 0 aliphatic heterocycles. The van der Waals surface area contributed by atoms with Crippen LogP contribution in [0, 0.1) is 0 Å². The second-order valence-electron chi connectivity index (χ2n) is 14.4. The molecule has 0 spiro atoms. The van der Waals surface area contributed by atoms with Gasteiger partial charge in [-0.3, -0.25) is 0 Å². The summed E-state index contributed by atoms with van der Waals surface area (Å²) < 4.78 is 15.9. The molecule has 0 bridgehead atoms. The first-order valence-corrected chi connectivity index (χ1v) is 19.7. The monoisotopic (exact) mass is 733 g/mol. The fourth-order valence-electron chi connectivity index (χ4n) is 8.71. The Morgan fingerprint density at radius 2 is 1.04 bits per heavy atom. The smallest absolute Gasteiger partial charge is 0.143 e. The van der Waals surface area contributed by atoms with Crippen LogP contribution in [0.25, 0.3) is 97.1 Å². The summed E-state index contributed by atoms with van der Waals surface area (Å²) in [4.78, 5) is 2.39. The number of furan rings is 2. The number of rotatable bonds is 5. The Labute approximate surface area is 325 Å². The Morgan fingerprint density at radius 1 is 0.393 bits per heavy atom. The molecule has 3 heterocycles. The summed E-state index contributed by atoms with van der Waals surface area (Å²) in [5, 5.41) is 9.36. The summed E-state index contributed by atoms with van der Waals surface area (Å²) >= 11 is 1.86. The molecule has 262 valence electrons. The summed E-state index contributed by atoms with van der Waals surface area (Å²) in [5.41, 5.74) is 11.2. The highest BCUT2D eigenvalue weighted by Gasteiger charge is 2.24. The Kier molecular flexibility index (Phi) is 6.80. The van der Waals surface area contributed by atoms with Crippen LogP contribution in [-0.4, -0.2) is 0 Å². The number of para-hydroxylation sites is 3. The highest BCUT2D eigenvalue weighted by atomic mass is 32.1. The first kappa shape index (κ1) is 31.2. The van der Waals surface area contributed by atoms with Crippen LogP contribution in [0.1, 0.15) is 0 Å². The highest BCUT2D eigenvalue weighted by molar-refractivity contribution is 7.26. The van der Waals surface area contributed by atoms with Crippen LogP contribution in [0.5, 0.6) is 0 Å². The van der Waals surface area contributed by atoms with E-state index in [0.29, 0.717) is 0 Å². The van der Waals surface area contributed by atoms with E-state index in [9.17, 15) is 0 Å².